The number of amides is 2. The van der Waals surface area contributed by atoms with E-state index in [1.807, 2.05) is 18.5 Å². The SMILES string of the molecule is CCN(CC)C(=O)Nn1c(COC(C)=O)c2c3c(cccc31)[C@H]1CCCN(CC3CC3)[C@@H]1C2. The summed E-state index contributed by atoms with van der Waals surface area (Å²) in [6, 6.07) is 6.80. The Morgan fingerprint density at radius 3 is 2.67 bits per heavy atom. The molecule has 1 aromatic carbocycles. The smallest absolute Gasteiger partial charge is 0.336 e. The van der Waals surface area contributed by atoms with Crippen LogP contribution in [0, 0.1) is 5.92 Å². The van der Waals surface area contributed by atoms with Gasteiger partial charge in [0.15, 0.2) is 0 Å². The van der Waals surface area contributed by atoms with Crippen LogP contribution in [0.15, 0.2) is 18.2 Å². The van der Waals surface area contributed by atoms with Gasteiger partial charge < -0.3 is 9.64 Å². The van der Waals surface area contributed by atoms with Gasteiger partial charge in [-0.25, -0.2) is 10.2 Å². The van der Waals surface area contributed by atoms with E-state index >= 15 is 0 Å². The van der Waals surface area contributed by atoms with Gasteiger partial charge in [-0.3, -0.25) is 14.4 Å². The summed E-state index contributed by atoms with van der Waals surface area (Å²) in [4.78, 5) is 29.2. The van der Waals surface area contributed by atoms with Crippen LogP contribution in [0.5, 0.6) is 0 Å². The van der Waals surface area contributed by atoms with Gasteiger partial charge in [0.25, 0.3) is 0 Å². The highest BCUT2D eigenvalue weighted by Crippen LogP contribution is 2.46. The van der Waals surface area contributed by atoms with Gasteiger partial charge >= 0.3 is 12.0 Å². The molecule has 0 spiro atoms. The number of ether oxygens (including phenoxy) is 1. The Kier molecular flexibility index (Phi) is 6.08. The Morgan fingerprint density at radius 1 is 1.18 bits per heavy atom. The first-order chi connectivity index (χ1) is 16.0. The van der Waals surface area contributed by atoms with Gasteiger partial charge in [0, 0.05) is 43.9 Å². The van der Waals surface area contributed by atoms with Crippen LogP contribution in [-0.2, 0) is 22.6 Å². The predicted octanol–water partition coefficient (Wildman–Crippen LogP) is 4.22. The molecule has 2 aromatic rings. The summed E-state index contributed by atoms with van der Waals surface area (Å²) in [5.74, 6) is 1.07. The van der Waals surface area contributed by atoms with Gasteiger partial charge in [-0.2, -0.15) is 0 Å². The van der Waals surface area contributed by atoms with Crippen LogP contribution in [0.1, 0.15) is 69.2 Å². The first kappa shape index (κ1) is 22.3. The second kappa shape index (κ2) is 9.01. The van der Waals surface area contributed by atoms with Crippen molar-refractivity contribution in [3.05, 3.63) is 35.0 Å². The van der Waals surface area contributed by atoms with Crippen molar-refractivity contribution in [3.63, 3.8) is 0 Å². The van der Waals surface area contributed by atoms with Crippen LogP contribution >= 0.6 is 0 Å². The molecule has 2 atom stereocenters. The third-order valence-electron chi connectivity index (χ3n) is 7.80. The van der Waals surface area contributed by atoms with Crippen molar-refractivity contribution in [2.75, 3.05) is 31.6 Å². The molecule has 2 aliphatic carbocycles. The van der Waals surface area contributed by atoms with E-state index in [1.165, 1.54) is 62.2 Å². The van der Waals surface area contributed by atoms with E-state index in [9.17, 15) is 9.59 Å². The monoisotopic (exact) mass is 452 g/mol. The molecule has 1 aliphatic heterocycles. The van der Waals surface area contributed by atoms with Crippen molar-refractivity contribution < 1.29 is 14.3 Å². The minimum Gasteiger partial charge on any atom is -0.459 e. The van der Waals surface area contributed by atoms with E-state index in [4.69, 9.17) is 4.74 Å². The number of carbonyl (C=O) groups is 2. The minimum atomic E-state index is -0.309. The summed E-state index contributed by atoms with van der Waals surface area (Å²) in [7, 11) is 0. The average molecular weight is 453 g/mol. The number of aromatic nitrogens is 1. The molecular weight excluding hydrogens is 416 g/mol. The molecule has 3 aliphatic rings. The zero-order valence-electron chi connectivity index (χ0n) is 20.1. The third kappa shape index (κ3) is 4.12. The van der Waals surface area contributed by atoms with Crippen molar-refractivity contribution >= 4 is 22.9 Å². The Balaban J connectivity index is 1.59. The van der Waals surface area contributed by atoms with Crippen LogP contribution in [0.2, 0.25) is 0 Å². The number of urea groups is 1. The number of fused-ring (bicyclic) bond motifs is 2. The fourth-order valence-electron chi connectivity index (χ4n) is 5.98. The van der Waals surface area contributed by atoms with Crippen molar-refractivity contribution in [1.82, 2.24) is 14.5 Å². The maximum atomic E-state index is 13.0. The van der Waals surface area contributed by atoms with Crippen LogP contribution < -0.4 is 5.43 Å². The molecule has 1 saturated carbocycles. The van der Waals surface area contributed by atoms with Crippen molar-refractivity contribution in [1.29, 1.82) is 0 Å². The lowest BCUT2D eigenvalue weighted by molar-refractivity contribution is -0.142. The zero-order valence-corrected chi connectivity index (χ0v) is 20.1. The molecule has 7 heteroatoms. The first-order valence-corrected chi connectivity index (χ1v) is 12.6. The maximum Gasteiger partial charge on any atom is 0.336 e. The van der Waals surface area contributed by atoms with Gasteiger partial charge in [0.1, 0.15) is 6.61 Å². The predicted molar refractivity (Wildman–Crippen MR) is 129 cm³/mol. The molecule has 0 radical (unpaired) electrons. The summed E-state index contributed by atoms with van der Waals surface area (Å²) in [5, 5.41) is 1.24. The van der Waals surface area contributed by atoms with Crippen molar-refractivity contribution in [2.45, 2.75) is 71.4 Å². The molecule has 0 bridgehead atoms. The molecule has 1 saturated heterocycles. The largest absolute Gasteiger partial charge is 0.459 e. The molecule has 7 nitrogen and oxygen atoms in total. The molecule has 2 heterocycles. The molecule has 178 valence electrons. The van der Waals surface area contributed by atoms with E-state index in [0.29, 0.717) is 25.0 Å². The van der Waals surface area contributed by atoms with E-state index in [0.717, 1.165) is 23.5 Å². The lowest BCUT2D eigenvalue weighted by Crippen LogP contribution is -2.47. The molecule has 0 unspecified atom stereocenters. The number of benzene rings is 1. The standard InChI is InChI=1S/C26H36N4O3/c1-4-28(5-2)26(32)27-30-22-10-6-8-20-19-9-7-13-29(15-18-11-12-18)23(19)14-21(25(20)22)24(30)16-33-17(3)31/h6,8,10,18-19,23H,4-5,7,9,11-16H2,1-3H3,(H,27,32)/t19-,23-/m1/s1. The number of esters is 1. The van der Waals surface area contributed by atoms with E-state index in [1.54, 1.807) is 4.90 Å². The van der Waals surface area contributed by atoms with Gasteiger partial charge in [-0.05, 0) is 75.6 Å². The van der Waals surface area contributed by atoms with Crippen LogP contribution in [0.25, 0.3) is 10.9 Å². The highest BCUT2D eigenvalue weighted by molar-refractivity contribution is 5.93. The van der Waals surface area contributed by atoms with E-state index in [2.05, 4.69) is 28.5 Å². The number of hydrogen-bond acceptors (Lipinski definition) is 4. The summed E-state index contributed by atoms with van der Waals surface area (Å²) in [6.07, 6.45) is 6.11. The summed E-state index contributed by atoms with van der Waals surface area (Å²) >= 11 is 0. The number of nitrogens with zero attached hydrogens (tertiary/aromatic N) is 3. The second-order valence-electron chi connectivity index (χ2n) is 9.83. The lowest BCUT2D eigenvalue weighted by atomic mass is 9.74. The molecule has 5 rings (SSSR count). The highest BCUT2D eigenvalue weighted by Gasteiger charge is 2.41. The van der Waals surface area contributed by atoms with Crippen LogP contribution in [0.4, 0.5) is 4.79 Å². The maximum absolute atomic E-state index is 13.0. The van der Waals surface area contributed by atoms with Crippen molar-refractivity contribution in [2.24, 2.45) is 5.92 Å². The highest BCUT2D eigenvalue weighted by atomic mass is 16.5. The van der Waals surface area contributed by atoms with Gasteiger partial charge in [0.05, 0.1) is 11.2 Å². The summed E-state index contributed by atoms with van der Waals surface area (Å²) < 4.78 is 7.39. The molecule has 2 fully saturated rings. The Hall–Kier alpha value is -2.54. The number of likely N-dealkylation sites (tertiary alicyclic amines) is 1. The van der Waals surface area contributed by atoms with Gasteiger partial charge in [-0.15, -0.1) is 0 Å². The summed E-state index contributed by atoms with van der Waals surface area (Å²) in [6.45, 7) is 9.20. The number of nitrogens with one attached hydrogen (secondary N) is 1. The van der Waals surface area contributed by atoms with Crippen LogP contribution in [0.3, 0.4) is 0 Å². The first-order valence-electron chi connectivity index (χ1n) is 12.6. The van der Waals surface area contributed by atoms with E-state index < -0.39 is 0 Å². The topological polar surface area (TPSA) is 66.8 Å². The molecule has 1 aromatic heterocycles. The third-order valence-corrected chi connectivity index (χ3v) is 7.80. The molecular formula is C26H36N4O3. The molecule has 33 heavy (non-hydrogen) atoms. The fourth-order valence-corrected chi connectivity index (χ4v) is 5.98. The fraction of sp³-hybridized carbons (Fsp3) is 0.615. The van der Waals surface area contributed by atoms with Crippen LogP contribution in [-0.4, -0.2) is 58.7 Å². The minimum absolute atomic E-state index is 0.134. The summed E-state index contributed by atoms with van der Waals surface area (Å²) in [5.41, 5.74) is 7.63. The lowest BCUT2D eigenvalue weighted by Gasteiger charge is -2.44. The zero-order chi connectivity index (χ0) is 23.1. The molecule has 2 amide bonds. The molecule has 1 N–H and O–H groups in total. The second-order valence-corrected chi connectivity index (χ2v) is 9.83. The number of carbonyl (C=O) groups excluding carboxylic acids is 2. The number of piperidine rings is 1. The van der Waals surface area contributed by atoms with Crippen molar-refractivity contribution in [3.8, 4) is 0 Å². The normalized spacial score (nSPS) is 22.2. The van der Waals surface area contributed by atoms with Gasteiger partial charge in [0.2, 0.25) is 0 Å². The van der Waals surface area contributed by atoms with Gasteiger partial charge in [-0.1, -0.05) is 12.1 Å². The average Bonchev–Trinajstić information content (AvgIpc) is 3.58. The number of rotatable bonds is 7. The van der Waals surface area contributed by atoms with E-state index in [-0.39, 0.29) is 18.6 Å². The number of hydrogen-bond donors (Lipinski definition) is 1. The quantitative estimate of drug-likeness (QED) is 0.639. The Morgan fingerprint density at radius 2 is 1.97 bits per heavy atom. The Labute approximate surface area is 196 Å². The Bertz CT molecular complexity index is 1050.